The third-order valence-electron chi connectivity index (χ3n) is 5.00. The zero-order chi connectivity index (χ0) is 12.8. The summed E-state index contributed by atoms with van der Waals surface area (Å²) in [4.78, 5) is 14.8. The molecule has 1 saturated carbocycles. The van der Waals surface area contributed by atoms with Crippen molar-refractivity contribution < 1.29 is 4.79 Å². The number of hydrogen-bond donors (Lipinski definition) is 1. The van der Waals surface area contributed by atoms with E-state index < -0.39 is 0 Å². The van der Waals surface area contributed by atoms with Crippen LogP contribution in [0.15, 0.2) is 18.2 Å². The number of carbonyl (C=O) groups is 1. The molecule has 0 bridgehead atoms. The highest BCUT2D eigenvalue weighted by Gasteiger charge is 2.40. The second kappa shape index (κ2) is 5.38. The van der Waals surface area contributed by atoms with Gasteiger partial charge in [0, 0.05) is 25.2 Å². The molecule has 20 heavy (non-hydrogen) atoms. The summed E-state index contributed by atoms with van der Waals surface area (Å²) in [5.74, 6) is 0.900. The zero-order valence-corrected chi connectivity index (χ0v) is 12.4. The van der Waals surface area contributed by atoms with Crippen molar-refractivity contribution in [2.24, 2.45) is 0 Å². The van der Waals surface area contributed by atoms with Crippen LogP contribution in [0.1, 0.15) is 59.1 Å². The molecule has 0 radical (unpaired) electrons. The summed E-state index contributed by atoms with van der Waals surface area (Å²) in [6.45, 7) is 2.68. The second-order valence-corrected chi connectivity index (χ2v) is 6.01. The Labute approximate surface area is 126 Å². The molecule has 3 nitrogen and oxygen atoms in total. The third-order valence-corrected chi connectivity index (χ3v) is 5.00. The maximum Gasteiger partial charge on any atom is 0.255 e. The highest BCUT2D eigenvalue weighted by atomic mass is 35.5. The van der Waals surface area contributed by atoms with E-state index in [0.717, 1.165) is 25.2 Å². The molecule has 1 amide bonds. The van der Waals surface area contributed by atoms with Crippen molar-refractivity contribution in [3.05, 3.63) is 34.9 Å². The molecule has 1 aliphatic carbocycles. The van der Waals surface area contributed by atoms with Crippen LogP contribution >= 0.6 is 12.4 Å². The lowest BCUT2D eigenvalue weighted by Crippen LogP contribution is -2.44. The number of halogens is 1. The van der Waals surface area contributed by atoms with E-state index in [1.165, 1.54) is 36.8 Å². The fraction of sp³-hybridized carbons (Fsp3) is 0.562. The highest BCUT2D eigenvalue weighted by molar-refractivity contribution is 6.01. The molecule has 0 aromatic heterocycles. The van der Waals surface area contributed by atoms with Gasteiger partial charge in [-0.05, 0) is 29.9 Å². The van der Waals surface area contributed by atoms with Gasteiger partial charge in [0.15, 0.2) is 0 Å². The number of carbonyl (C=O) groups excluding carboxylic acids is 1. The van der Waals surface area contributed by atoms with Crippen LogP contribution < -0.4 is 5.32 Å². The Balaban J connectivity index is 0.00000121. The Bertz CT molecular complexity index is 525. The van der Waals surface area contributed by atoms with Crippen LogP contribution in [0.5, 0.6) is 0 Å². The minimum Gasteiger partial charge on any atom is -0.329 e. The normalized spacial score (nSPS) is 25.3. The lowest BCUT2D eigenvalue weighted by Gasteiger charge is -2.30. The number of nitrogens with one attached hydrogen (secondary N) is 1. The number of nitrogens with zero attached hydrogens (tertiary/aromatic N) is 1. The molecule has 4 heteroatoms. The monoisotopic (exact) mass is 292 g/mol. The molecule has 1 aromatic rings. The van der Waals surface area contributed by atoms with Crippen molar-refractivity contribution in [1.82, 2.24) is 10.2 Å². The number of hydrogen-bond acceptors (Lipinski definition) is 2. The largest absolute Gasteiger partial charge is 0.329 e. The maximum absolute atomic E-state index is 12.7. The van der Waals surface area contributed by atoms with Crippen molar-refractivity contribution >= 4 is 18.3 Å². The number of amides is 1. The third kappa shape index (κ3) is 1.95. The Kier molecular flexibility index (Phi) is 3.74. The zero-order valence-electron chi connectivity index (χ0n) is 11.6. The average molecular weight is 293 g/mol. The first kappa shape index (κ1) is 13.9. The van der Waals surface area contributed by atoms with E-state index in [1.54, 1.807) is 0 Å². The van der Waals surface area contributed by atoms with Crippen LogP contribution in [0, 0.1) is 0 Å². The minimum absolute atomic E-state index is 0. The lowest BCUT2D eigenvalue weighted by atomic mass is 9.89. The summed E-state index contributed by atoms with van der Waals surface area (Å²) in [6, 6.07) is 6.78. The molecule has 1 atom stereocenters. The molecule has 0 spiro atoms. The van der Waals surface area contributed by atoms with Gasteiger partial charge in [-0.2, -0.15) is 0 Å². The molecule has 2 fully saturated rings. The standard InChI is InChI=1S/C16H20N2O.ClH/c19-16-15-12(11-4-1-2-5-11)6-3-7-13(15)14-10-17-8-9-18(14)16;/h3,6-7,11,14,17H,1-2,4-5,8-10H2;1H/t14-;/m0./s1. The van der Waals surface area contributed by atoms with E-state index in [1.807, 2.05) is 0 Å². The predicted octanol–water partition coefficient (Wildman–Crippen LogP) is 2.87. The summed E-state index contributed by atoms with van der Waals surface area (Å²) in [5, 5.41) is 3.41. The fourth-order valence-corrected chi connectivity index (χ4v) is 4.06. The molecule has 1 N–H and O–H groups in total. The molecule has 3 aliphatic rings. The van der Waals surface area contributed by atoms with Crippen LogP contribution in [0.25, 0.3) is 0 Å². The molecule has 1 aromatic carbocycles. The van der Waals surface area contributed by atoms with Crippen molar-refractivity contribution in [2.45, 2.75) is 37.6 Å². The van der Waals surface area contributed by atoms with Crippen LogP contribution in [0.3, 0.4) is 0 Å². The van der Waals surface area contributed by atoms with Gasteiger partial charge in [-0.15, -0.1) is 12.4 Å². The molecule has 4 rings (SSSR count). The molecule has 108 valence electrons. The molecule has 1 saturated heterocycles. The van der Waals surface area contributed by atoms with E-state index in [2.05, 4.69) is 28.4 Å². The quantitative estimate of drug-likeness (QED) is 0.863. The first-order valence-electron chi connectivity index (χ1n) is 7.51. The molecular formula is C16H21ClN2O. The van der Waals surface area contributed by atoms with Gasteiger partial charge >= 0.3 is 0 Å². The molecular weight excluding hydrogens is 272 g/mol. The summed E-state index contributed by atoms with van der Waals surface area (Å²) >= 11 is 0. The summed E-state index contributed by atoms with van der Waals surface area (Å²) in [6.07, 6.45) is 5.15. The van der Waals surface area contributed by atoms with E-state index >= 15 is 0 Å². The second-order valence-electron chi connectivity index (χ2n) is 6.01. The first-order valence-corrected chi connectivity index (χ1v) is 7.51. The Morgan fingerprint density at radius 2 is 1.90 bits per heavy atom. The number of fused-ring (bicyclic) bond motifs is 3. The van der Waals surface area contributed by atoms with Gasteiger partial charge in [0.05, 0.1) is 6.04 Å². The van der Waals surface area contributed by atoms with E-state index in [-0.39, 0.29) is 24.4 Å². The van der Waals surface area contributed by atoms with Gasteiger partial charge < -0.3 is 10.2 Å². The lowest BCUT2D eigenvalue weighted by molar-refractivity contribution is 0.0690. The maximum atomic E-state index is 12.7. The summed E-state index contributed by atoms with van der Waals surface area (Å²) < 4.78 is 0. The van der Waals surface area contributed by atoms with Crippen LogP contribution in [0.2, 0.25) is 0 Å². The van der Waals surface area contributed by atoms with Crippen molar-refractivity contribution in [2.75, 3.05) is 19.6 Å². The van der Waals surface area contributed by atoms with Crippen LogP contribution in [0.4, 0.5) is 0 Å². The Morgan fingerprint density at radius 1 is 1.15 bits per heavy atom. The first-order chi connectivity index (χ1) is 9.36. The average Bonchev–Trinajstić information content (AvgIpc) is 3.08. The van der Waals surface area contributed by atoms with Crippen molar-refractivity contribution in [1.29, 1.82) is 0 Å². The summed E-state index contributed by atoms with van der Waals surface area (Å²) in [7, 11) is 0. The molecule has 2 heterocycles. The minimum atomic E-state index is 0. The van der Waals surface area contributed by atoms with Gasteiger partial charge in [-0.1, -0.05) is 31.0 Å². The van der Waals surface area contributed by atoms with E-state index in [9.17, 15) is 4.79 Å². The van der Waals surface area contributed by atoms with Crippen LogP contribution in [-0.4, -0.2) is 30.4 Å². The Hall–Kier alpha value is -1.06. The molecule has 0 unspecified atom stereocenters. The number of piperazine rings is 1. The summed E-state index contributed by atoms with van der Waals surface area (Å²) in [5.41, 5.74) is 3.64. The van der Waals surface area contributed by atoms with Gasteiger partial charge in [0.1, 0.15) is 0 Å². The van der Waals surface area contributed by atoms with Crippen molar-refractivity contribution in [3.8, 4) is 0 Å². The fourth-order valence-electron chi connectivity index (χ4n) is 4.06. The smallest absolute Gasteiger partial charge is 0.255 e. The van der Waals surface area contributed by atoms with Gasteiger partial charge in [0.2, 0.25) is 0 Å². The van der Waals surface area contributed by atoms with Crippen LogP contribution in [-0.2, 0) is 0 Å². The van der Waals surface area contributed by atoms with Gasteiger partial charge in [-0.25, -0.2) is 0 Å². The topological polar surface area (TPSA) is 32.3 Å². The van der Waals surface area contributed by atoms with E-state index in [4.69, 9.17) is 0 Å². The van der Waals surface area contributed by atoms with Gasteiger partial charge in [0.25, 0.3) is 5.91 Å². The predicted molar refractivity (Wildman–Crippen MR) is 81.5 cm³/mol. The SMILES string of the molecule is Cl.O=C1c2c(C3CCCC3)cccc2[C@@H]2CNCCN12. The number of benzene rings is 1. The van der Waals surface area contributed by atoms with Crippen molar-refractivity contribution in [3.63, 3.8) is 0 Å². The van der Waals surface area contributed by atoms with Gasteiger partial charge in [-0.3, -0.25) is 4.79 Å². The number of rotatable bonds is 1. The van der Waals surface area contributed by atoms with E-state index in [0.29, 0.717) is 5.92 Å². The highest BCUT2D eigenvalue weighted by Crippen LogP contribution is 2.42. The molecule has 2 aliphatic heterocycles. The Morgan fingerprint density at radius 3 is 2.70 bits per heavy atom.